The van der Waals surface area contributed by atoms with Crippen LogP contribution in [0.25, 0.3) is 10.9 Å². The molecular weight excluding hydrogens is 298 g/mol. The molecule has 0 bridgehead atoms. The van der Waals surface area contributed by atoms with E-state index in [0.717, 1.165) is 30.6 Å². The Bertz CT molecular complexity index is 881. The van der Waals surface area contributed by atoms with Crippen molar-refractivity contribution in [3.05, 3.63) is 64.6 Å². The van der Waals surface area contributed by atoms with Gasteiger partial charge >= 0.3 is 0 Å². The molecule has 1 unspecified atom stereocenters. The predicted octanol–water partition coefficient (Wildman–Crippen LogP) is 2.97. The molecule has 0 radical (unpaired) electrons. The highest BCUT2D eigenvalue weighted by molar-refractivity contribution is 5.88. The van der Waals surface area contributed by atoms with Gasteiger partial charge in [-0.25, -0.2) is 0 Å². The lowest BCUT2D eigenvalue weighted by Gasteiger charge is -2.24. The molecule has 0 saturated carbocycles. The highest BCUT2D eigenvalue weighted by Gasteiger charge is 2.26. The zero-order valence-electron chi connectivity index (χ0n) is 14.2. The molecule has 0 aliphatic carbocycles. The summed E-state index contributed by atoms with van der Waals surface area (Å²) in [6, 6.07) is 8.25. The molecule has 4 nitrogen and oxygen atoms in total. The Labute approximate surface area is 141 Å². The molecule has 1 aliphatic heterocycles. The maximum Gasteiger partial charge on any atom is 0.0924 e. The molecule has 1 aromatic carbocycles. The average molecular weight is 321 g/mol. The number of rotatable bonds is 3. The molecular formula is C20H23N3O. The van der Waals surface area contributed by atoms with Crippen LogP contribution in [0.3, 0.4) is 0 Å². The number of hydrogen-bond acceptors (Lipinski definition) is 3. The van der Waals surface area contributed by atoms with Crippen LogP contribution in [-0.4, -0.2) is 21.6 Å². The smallest absolute Gasteiger partial charge is 0.0924 e. The molecule has 4 heteroatoms. The van der Waals surface area contributed by atoms with Gasteiger partial charge in [0.1, 0.15) is 0 Å². The largest absolute Gasteiger partial charge is 0.385 e. The highest BCUT2D eigenvalue weighted by atomic mass is 16.3. The molecule has 0 amide bonds. The van der Waals surface area contributed by atoms with Crippen LogP contribution in [0.2, 0.25) is 0 Å². The first-order valence-corrected chi connectivity index (χ1v) is 8.51. The van der Waals surface area contributed by atoms with Crippen molar-refractivity contribution < 1.29 is 5.11 Å². The number of H-pyrrole nitrogens is 1. The summed E-state index contributed by atoms with van der Waals surface area (Å²) in [6.45, 7) is 5.91. The Hall–Kier alpha value is -2.17. The van der Waals surface area contributed by atoms with E-state index in [1.807, 2.05) is 19.1 Å². The van der Waals surface area contributed by atoms with Gasteiger partial charge in [0.15, 0.2) is 0 Å². The molecule has 2 aromatic heterocycles. The minimum Gasteiger partial charge on any atom is -0.385 e. The first-order chi connectivity index (χ1) is 11.5. The van der Waals surface area contributed by atoms with E-state index in [9.17, 15) is 5.11 Å². The fourth-order valence-corrected chi connectivity index (χ4v) is 3.79. The number of aliphatic hydroxyl groups is 1. The van der Waals surface area contributed by atoms with Crippen LogP contribution in [-0.2, 0) is 25.0 Å². The molecule has 4 rings (SSSR count). The Morgan fingerprint density at radius 1 is 1.33 bits per heavy atom. The van der Waals surface area contributed by atoms with E-state index in [-0.39, 0.29) is 0 Å². The van der Waals surface area contributed by atoms with Crippen molar-refractivity contribution in [3.63, 3.8) is 0 Å². The molecule has 24 heavy (non-hydrogen) atoms. The van der Waals surface area contributed by atoms with Crippen LogP contribution in [0.5, 0.6) is 0 Å². The topological polar surface area (TPSA) is 60.9 Å². The Kier molecular flexibility index (Phi) is 3.66. The van der Waals surface area contributed by atoms with Crippen LogP contribution < -0.4 is 5.32 Å². The minimum absolute atomic E-state index is 0.559. The summed E-state index contributed by atoms with van der Waals surface area (Å²) in [5.74, 6) is 0. The third-order valence-corrected chi connectivity index (χ3v) is 5.00. The number of benzene rings is 1. The van der Waals surface area contributed by atoms with Gasteiger partial charge in [-0.2, -0.15) is 0 Å². The molecule has 124 valence electrons. The van der Waals surface area contributed by atoms with Gasteiger partial charge in [0.25, 0.3) is 0 Å². The second kappa shape index (κ2) is 5.72. The van der Waals surface area contributed by atoms with Crippen LogP contribution >= 0.6 is 0 Å². The van der Waals surface area contributed by atoms with E-state index in [0.29, 0.717) is 6.42 Å². The van der Waals surface area contributed by atoms with Crippen molar-refractivity contribution in [1.29, 1.82) is 0 Å². The molecule has 3 N–H and O–H groups in total. The molecule has 0 saturated heterocycles. The predicted molar refractivity (Wildman–Crippen MR) is 96.0 cm³/mol. The van der Waals surface area contributed by atoms with E-state index in [4.69, 9.17) is 0 Å². The normalized spacial score (nSPS) is 16.8. The van der Waals surface area contributed by atoms with Gasteiger partial charge in [-0.3, -0.25) is 4.98 Å². The quantitative estimate of drug-likeness (QED) is 0.695. The highest BCUT2D eigenvalue weighted by Crippen LogP contribution is 2.33. The van der Waals surface area contributed by atoms with E-state index >= 15 is 0 Å². The van der Waals surface area contributed by atoms with Crippen molar-refractivity contribution in [3.8, 4) is 0 Å². The van der Waals surface area contributed by atoms with Crippen molar-refractivity contribution in [2.75, 3.05) is 6.54 Å². The van der Waals surface area contributed by atoms with Crippen LogP contribution in [0, 0.1) is 6.92 Å². The Morgan fingerprint density at radius 3 is 3.00 bits per heavy atom. The number of nitrogens with one attached hydrogen (secondary N) is 2. The summed E-state index contributed by atoms with van der Waals surface area (Å²) in [4.78, 5) is 7.75. The molecule has 0 spiro atoms. The van der Waals surface area contributed by atoms with Gasteiger partial charge in [0.05, 0.1) is 5.60 Å². The van der Waals surface area contributed by atoms with Gasteiger partial charge in [-0.1, -0.05) is 17.7 Å². The zero-order chi connectivity index (χ0) is 16.7. The molecule has 3 heterocycles. The number of pyridine rings is 1. The Balaban J connectivity index is 1.80. The fourth-order valence-electron chi connectivity index (χ4n) is 3.79. The van der Waals surface area contributed by atoms with Crippen molar-refractivity contribution >= 4 is 10.9 Å². The first-order valence-electron chi connectivity index (χ1n) is 8.51. The van der Waals surface area contributed by atoms with Crippen molar-refractivity contribution in [1.82, 2.24) is 15.3 Å². The zero-order valence-corrected chi connectivity index (χ0v) is 14.2. The summed E-state index contributed by atoms with van der Waals surface area (Å²) in [5.41, 5.74) is 6.17. The summed E-state index contributed by atoms with van der Waals surface area (Å²) >= 11 is 0. The average Bonchev–Trinajstić information content (AvgIpc) is 2.94. The maximum atomic E-state index is 11.0. The summed E-state index contributed by atoms with van der Waals surface area (Å²) in [6.07, 6.45) is 5.09. The number of hydrogen-bond donors (Lipinski definition) is 3. The molecule has 0 fully saturated rings. The molecule has 1 atom stereocenters. The van der Waals surface area contributed by atoms with Crippen molar-refractivity contribution in [2.24, 2.45) is 0 Å². The van der Waals surface area contributed by atoms with Crippen LogP contribution in [0.4, 0.5) is 0 Å². The summed E-state index contributed by atoms with van der Waals surface area (Å²) in [7, 11) is 0. The van der Waals surface area contributed by atoms with Crippen molar-refractivity contribution in [2.45, 2.75) is 38.8 Å². The van der Waals surface area contributed by atoms with Crippen LogP contribution in [0.15, 0.2) is 36.7 Å². The lowest BCUT2D eigenvalue weighted by Crippen LogP contribution is -2.24. The van der Waals surface area contributed by atoms with E-state index in [1.165, 1.54) is 27.7 Å². The molecule has 3 aromatic rings. The van der Waals surface area contributed by atoms with Gasteiger partial charge in [0.2, 0.25) is 0 Å². The monoisotopic (exact) mass is 321 g/mol. The second-order valence-electron chi connectivity index (χ2n) is 7.05. The number of aryl methyl sites for hydroxylation is 1. The lowest BCUT2D eigenvalue weighted by molar-refractivity contribution is 0.0575. The van der Waals surface area contributed by atoms with E-state index in [1.54, 1.807) is 12.4 Å². The minimum atomic E-state index is -0.946. The van der Waals surface area contributed by atoms with Gasteiger partial charge in [-0.15, -0.1) is 0 Å². The van der Waals surface area contributed by atoms with Gasteiger partial charge in [-0.05, 0) is 50.1 Å². The standard InChI is InChI=1S/C20H23N3O/c1-13-8-14(10-20(2,24)15-4-3-6-21-11-15)19-17(9-13)16-5-7-22-12-18(16)23-19/h3-4,6,8-9,11,22-24H,5,7,10,12H2,1-2H3. The Morgan fingerprint density at radius 2 is 2.21 bits per heavy atom. The van der Waals surface area contributed by atoms with Gasteiger partial charge in [0, 0.05) is 47.5 Å². The number of nitrogens with zero attached hydrogens (tertiary/aromatic N) is 1. The third kappa shape index (κ3) is 2.62. The number of fused-ring (bicyclic) bond motifs is 3. The molecule has 1 aliphatic rings. The second-order valence-corrected chi connectivity index (χ2v) is 7.05. The van der Waals surface area contributed by atoms with Crippen LogP contribution in [0.1, 0.15) is 34.9 Å². The van der Waals surface area contributed by atoms with E-state index in [2.05, 4.69) is 34.3 Å². The third-order valence-electron chi connectivity index (χ3n) is 5.00. The van der Waals surface area contributed by atoms with Gasteiger partial charge < -0.3 is 15.4 Å². The summed E-state index contributed by atoms with van der Waals surface area (Å²) in [5, 5.41) is 15.8. The fraction of sp³-hybridized carbons (Fsp3) is 0.350. The number of aromatic amines is 1. The first kappa shape index (κ1) is 15.4. The number of aromatic nitrogens is 2. The van der Waals surface area contributed by atoms with E-state index < -0.39 is 5.60 Å². The maximum absolute atomic E-state index is 11.0. The summed E-state index contributed by atoms with van der Waals surface area (Å²) < 4.78 is 0. The lowest BCUT2D eigenvalue weighted by atomic mass is 9.88. The SMILES string of the molecule is Cc1cc(CC(C)(O)c2cccnc2)c2[nH]c3c(c2c1)CCNC3.